The van der Waals surface area contributed by atoms with Crippen LogP contribution >= 0.6 is 0 Å². The van der Waals surface area contributed by atoms with Gasteiger partial charge in [0.2, 0.25) is 12.4 Å². The van der Waals surface area contributed by atoms with Gasteiger partial charge in [-0.15, -0.1) is 0 Å². The molecule has 3 heterocycles. The molecule has 1 fully saturated rings. The minimum atomic E-state index is -0.0281. The van der Waals surface area contributed by atoms with Crippen molar-refractivity contribution >= 4 is 41.0 Å². The predicted molar refractivity (Wildman–Crippen MR) is 136 cm³/mol. The van der Waals surface area contributed by atoms with Gasteiger partial charge in [0.1, 0.15) is 11.6 Å². The Bertz CT molecular complexity index is 1030. The number of allylic oxidation sites excluding steroid dienone is 2. The largest absolute Gasteiger partial charge is 0.368 e. The molecule has 1 amide bonds. The molecule has 1 saturated heterocycles. The average Bonchev–Trinajstić information content (AvgIpc) is 2.87. The number of amides is 1. The molecule has 2 aromatic rings. The second-order valence-electron chi connectivity index (χ2n) is 8.48. The van der Waals surface area contributed by atoms with E-state index in [-0.39, 0.29) is 11.8 Å². The van der Waals surface area contributed by atoms with Gasteiger partial charge in [0.25, 0.3) is 0 Å². The zero-order valence-corrected chi connectivity index (χ0v) is 20.8. The van der Waals surface area contributed by atoms with E-state index in [0.717, 1.165) is 56.7 Å². The number of hydrogen-bond donors (Lipinski definition) is 2. The molecular formula is C25H35N7O2. The summed E-state index contributed by atoms with van der Waals surface area (Å²) in [4.78, 5) is 41.8. The van der Waals surface area contributed by atoms with Crippen LogP contribution in [0.2, 0.25) is 0 Å². The maximum atomic E-state index is 12.1. The molecule has 182 valence electrons. The third kappa shape index (κ3) is 5.77. The predicted octanol–water partition coefficient (Wildman–Crippen LogP) is 3.56. The van der Waals surface area contributed by atoms with Crippen molar-refractivity contribution in [2.75, 3.05) is 41.3 Å². The van der Waals surface area contributed by atoms with E-state index in [1.165, 1.54) is 6.92 Å². The minimum absolute atomic E-state index is 0.0131. The fraction of sp³-hybridized carbons (Fsp3) is 0.480. The third-order valence-corrected chi connectivity index (χ3v) is 6.43. The van der Waals surface area contributed by atoms with Gasteiger partial charge >= 0.3 is 0 Å². The lowest BCUT2D eigenvalue weighted by Gasteiger charge is -2.29. The van der Waals surface area contributed by atoms with Gasteiger partial charge in [0.05, 0.1) is 11.9 Å². The summed E-state index contributed by atoms with van der Waals surface area (Å²) in [7, 11) is 0. The van der Waals surface area contributed by atoms with Crippen molar-refractivity contribution in [3.63, 3.8) is 0 Å². The molecule has 0 bridgehead atoms. The number of nitrogens with one attached hydrogen (secondary N) is 2. The van der Waals surface area contributed by atoms with Crippen LogP contribution in [0.4, 0.5) is 23.3 Å². The molecule has 0 atom stereocenters. The second-order valence-corrected chi connectivity index (χ2v) is 8.48. The maximum absolute atomic E-state index is 12.1. The molecule has 1 aliphatic heterocycles. The summed E-state index contributed by atoms with van der Waals surface area (Å²) >= 11 is 0. The highest BCUT2D eigenvalue weighted by Crippen LogP contribution is 2.30. The lowest BCUT2D eigenvalue weighted by molar-refractivity contribution is -0.113. The summed E-state index contributed by atoms with van der Waals surface area (Å²) in [5, 5.41) is 6.50. The van der Waals surface area contributed by atoms with Gasteiger partial charge in [0.15, 0.2) is 5.78 Å². The summed E-state index contributed by atoms with van der Waals surface area (Å²) in [6.45, 7) is 13.1. The highest BCUT2D eigenvalue weighted by atomic mass is 16.1. The Morgan fingerprint density at radius 1 is 1.15 bits per heavy atom. The first kappa shape index (κ1) is 25.3. The normalized spacial score (nSPS) is 14.6. The molecule has 0 radical (unpaired) electrons. The highest BCUT2D eigenvalue weighted by molar-refractivity contribution is 6.01. The summed E-state index contributed by atoms with van der Waals surface area (Å²) in [6.07, 6.45) is 5.88. The van der Waals surface area contributed by atoms with Gasteiger partial charge in [-0.3, -0.25) is 14.5 Å². The first-order valence-corrected chi connectivity index (χ1v) is 11.9. The van der Waals surface area contributed by atoms with Gasteiger partial charge in [0, 0.05) is 44.0 Å². The SMILES string of the molecule is CCC(CC)N(C=O)c1nc(Nc2ccc(N3CCNCC3)cn2)ncc1/C(C)=C(\C)C(C)=O. The van der Waals surface area contributed by atoms with Crippen molar-refractivity contribution in [2.24, 2.45) is 0 Å². The van der Waals surface area contributed by atoms with Crippen LogP contribution in [0.5, 0.6) is 0 Å². The molecule has 9 heteroatoms. The number of nitrogens with zero attached hydrogens (tertiary/aromatic N) is 5. The molecule has 2 N–H and O–H groups in total. The van der Waals surface area contributed by atoms with E-state index in [1.54, 1.807) is 18.0 Å². The molecule has 9 nitrogen and oxygen atoms in total. The molecule has 2 aromatic heterocycles. The first-order chi connectivity index (χ1) is 16.4. The van der Waals surface area contributed by atoms with Crippen LogP contribution in [0.3, 0.4) is 0 Å². The summed E-state index contributed by atoms with van der Waals surface area (Å²) in [5.41, 5.74) is 3.11. The Kier molecular flexibility index (Phi) is 8.70. The van der Waals surface area contributed by atoms with Crippen LogP contribution < -0.4 is 20.4 Å². The van der Waals surface area contributed by atoms with E-state index in [4.69, 9.17) is 4.98 Å². The zero-order valence-electron chi connectivity index (χ0n) is 20.8. The molecule has 1 aliphatic rings. The van der Waals surface area contributed by atoms with Crippen molar-refractivity contribution in [2.45, 2.75) is 53.5 Å². The van der Waals surface area contributed by atoms with Crippen molar-refractivity contribution < 1.29 is 9.59 Å². The van der Waals surface area contributed by atoms with E-state index in [1.807, 2.05) is 39.1 Å². The van der Waals surface area contributed by atoms with Crippen LogP contribution in [-0.4, -0.2) is 59.4 Å². The van der Waals surface area contributed by atoms with Crippen LogP contribution in [-0.2, 0) is 9.59 Å². The van der Waals surface area contributed by atoms with E-state index in [2.05, 4.69) is 25.5 Å². The third-order valence-electron chi connectivity index (χ3n) is 6.43. The van der Waals surface area contributed by atoms with Crippen molar-refractivity contribution in [1.82, 2.24) is 20.3 Å². The molecule has 0 aromatic carbocycles. The number of pyridine rings is 1. The van der Waals surface area contributed by atoms with Gasteiger partial charge in [-0.2, -0.15) is 4.98 Å². The number of Topliss-reactive ketones (excluding diaryl/α,β-unsaturated/α-hetero) is 1. The van der Waals surface area contributed by atoms with Gasteiger partial charge < -0.3 is 15.5 Å². The minimum Gasteiger partial charge on any atom is -0.368 e. The Morgan fingerprint density at radius 2 is 1.85 bits per heavy atom. The average molecular weight is 466 g/mol. The summed E-state index contributed by atoms with van der Waals surface area (Å²) in [6, 6.07) is 3.92. The molecule has 0 unspecified atom stereocenters. The van der Waals surface area contributed by atoms with E-state index in [0.29, 0.717) is 28.7 Å². The Hall–Kier alpha value is -3.33. The number of hydrogen-bond acceptors (Lipinski definition) is 8. The number of ketones is 1. The van der Waals surface area contributed by atoms with Crippen molar-refractivity contribution in [3.8, 4) is 0 Å². The number of aromatic nitrogens is 3. The number of carbonyl (C=O) groups is 2. The molecule has 3 rings (SSSR count). The first-order valence-electron chi connectivity index (χ1n) is 11.9. The van der Waals surface area contributed by atoms with E-state index in [9.17, 15) is 9.59 Å². The fourth-order valence-electron chi connectivity index (χ4n) is 4.04. The van der Waals surface area contributed by atoms with Crippen LogP contribution in [0, 0.1) is 0 Å². The molecule has 0 saturated carbocycles. The Labute approximate surface area is 201 Å². The molecule has 0 spiro atoms. The fourth-order valence-corrected chi connectivity index (χ4v) is 4.04. The van der Waals surface area contributed by atoms with E-state index >= 15 is 0 Å². The molecule has 34 heavy (non-hydrogen) atoms. The van der Waals surface area contributed by atoms with Gasteiger partial charge in [-0.25, -0.2) is 9.97 Å². The van der Waals surface area contributed by atoms with Crippen LogP contribution in [0.15, 0.2) is 30.1 Å². The number of anilines is 4. The monoisotopic (exact) mass is 465 g/mol. The second kappa shape index (κ2) is 11.7. The lowest BCUT2D eigenvalue weighted by atomic mass is 10.0. The standard InChI is InChI=1S/C25H35N7O2/c1-6-20(7-2)32(16-33)24-22(18(4)17(3)19(5)34)15-28-25(30-24)29-23-9-8-21(14-27-23)31-12-10-26-11-13-31/h8-9,14-16,20,26H,6-7,10-13H2,1-5H3,(H,27,28,29,30)/b18-17+. The number of rotatable bonds is 10. The van der Waals surface area contributed by atoms with Crippen LogP contribution in [0.25, 0.3) is 5.57 Å². The highest BCUT2D eigenvalue weighted by Gasteiger charge is 2.23. The molecular weight excluding hydrogens is 430 g/mol. The summed E-state index contributed by atoms with van der Waals surface area (Å²) in [5.74, 6) is 1.41. The Morgan fingerprint density at radius 3 is 2.41 bits per heavy atom. The quantitative estimate of drug-likeness (QED) is 0.406. The maximum Gasteiger partial charge on any atom is 0.230 e. The van der Waals surface area contributed by atoms with Crippen molar-refractivity contribution in [1.29, 1.82) is 0 Å². The number of piperazine rings is 1. The lowest BCUT2D eigenvalue weighted by Crippen LogP contribution is -2.43. The smallest absolute Gasteiger partial charge is 0.230 e. The van der Waals surface area contributed by atoms with Crippen molar-refractivity contribution in [3.05, 3.63) is 35.7 Å². The zero-order chi connectivity index (χ0) is 24.7. The van der Waals surface area contributed by atoms with Gasteiger partial charge in [-0.05, 0) is 56.9 Å². The van der Waals surface area contributed by atoms with Crippen LogP contribution in [0.1, 0.15) is 53.0 Å². The Balaban J connectivity index is 1.95. The topological polar surface area (TPSA) is 103 Å². The molecule has 0 aliphatic carbocycles. The number of carbonyl (C=O) groups excluding carboxylic acids is 2. The van der Waals surface area contributed by atoms with Gasteiger partial charge in [-0.1, -0.05) is 13.8 Å². The summed E-state index contributed by atoms with van der Waals surface area (Å²) < 4.78 is 0. The van der Waals surface area contributed by atoms with E-state index < -0.39 is 0 Å².